The van der Waals surface area contributed by atoms with Crippen molar-refractivity contribution in [3.8, 4) is 0 Å². The van der Waals surface area contributed by atoms with Crippen LogP contribution in [0.15, 0.2) is 36.4 Å². The maximum Gasteiger partial charge on any atom is 0.261 e. The largest absolute Gasteiger partial charge is 0.271 e. The van der Waals surface area contributed by atoms with Crippen LogP contribution in [-0.4, -0.2) is 22.8 Å². The molecule has 38 heavy (non-hydrogen) atoms. The third-order valence-electron chi connectivity index (χ3n) is 8.45. The summed E-state index contributed by atoms with van der Waals surface area (Å²) in [7, 11) is 0. The lowest BCUT2D eigenvalue weighted by Gasteiger charge is -2.34. The second-order valence-electron chi connectivity index (χ2n) is 11.6. The third-order valence-corrected chi connectivity index (χ3v) is 8.45. The van der Waals surface area contributed by atoms with Crippen molar-refractivity contribution in [2.24, 2.45) is 0 Å². The minimum atomic E-state index is -0.0869. The van der Waals surface area contributed by atoms with Gasteiger partial charge in [-0.15, -0.1) is 0 Å². The summed E-state index contributed by atoms with van der Waals surface area (Å²) < 4.78 is 0. The summed E-state index contributed by atoms with van der Waals surface area (Å²) >= 11 is 0. The Kier molecular flexibility index (Phi) is 13.9. The van der Waals surface area contributed by atoms with Crippen molar-refractivity contribution in [2.45, 2.75) is 148 Å². The van der Waals surface area contributed by atoms with E-state index >= 15 is 0 Å². The molecule has 0 aromatic heterocycles. The Balaban J connectivity index is 1.56. The van der Waals surface area contributed by atoms with Crippen LogP contribution in [0.25, 0.3) is 10.8 Å². The molecule has 2 aromatic carbocycles. The molecule has 0 N–H and O–H groups in total. The van der Waals surface area contributed by atoms with Crippen LogP contribution < -0.4 is 0 Å². The van der Waals surface area contributed by atoms with Crippen LogP contribution in [0.4, 0.5) is 0 Å². The van der Waals surface area contributed by atoms with E-state index in [0.717, 1.165) is 36.5 Å². The number of carbonyl (C=O) groups is 2. The Morgan fingerprint density at radius 1 is 0.526 bits per heavy atom. The Morgan fingerprint density at radius 3 is 1.29 bits per heavy atom. The van der Waals surface area contributed by atoms with Crippen molar-refractivity contribution >= 4 is 22.6 Å². The fraction of sp³-hybridized carbons (Fsp3) is 0.657. The first kappa shape index (κ1) is 30.4. The zero-order valence-electron chi connectivity index (χ0n) is 24.4. The van der Waals surface area contributed by atoms with Gasteiger partial charge >= 0.3 is 0 Å². The monoisotopic (exact) mass is 519 g/mol. The van der Waals surface area contributed by atoms with E-state index < -0.39 is 0 Å². The molecule has 3 rings (SSSR count). The first-order valence-corrected chi connectivity index (χ1v) is 16.1. The highest BCUT2D eigenvalue weighted by molar-refractivity contribution is 6.25. The van der Waals surface area contributed by atoms with Crippen molar-refractivity contribution in [2.75, 3.05) is 0 Å². The van der Waals surface area contributed by atoms with Gasteiger partial charge in [0, 0.05) is 22.6 Å². The molecule has 0 aliphatic carbocycles. The average Bonchev–Trinajstić information content (AvgIpc) is 2.93. The van der Waals surface area contributed by atoms with E-state index in [0.29, 0.717) is 11.1 Å². The fourth-order valence-electron chi connectivity index (χ4n) is 6.16. The molecule has 1 aliphatic rings. The SMILES string of the molecule is CCCCCCCCCCCC(CCCCCCCCCCC)N1C(=O)c2cccc3cccc(c23)C1=O. The highest BCUT2D eigenvalue weighted by atomic mass is 16.2. The van der Waals surface area contributed by atoms with E-state index in [1.54, 1.807) is 4.90 Å². The summed E-state index contributed by atoms with van der Waals surface area (Å²) in [5.74, 6) is -0.174. The van der Waals surface area contributed by atoms with E-state index in [1.165, 1.54) is 103 Å². The number of carbonyl (C=O) groups excluding carboxylic acids is 2. The second kappa shape index (κ2) is 17.4. The highest BCUT2D eigenvalue weighted by Gasteiger charge is 2.36. The molecule has 2 aromatic rings. The average molecular weight is 520 g/mol. The molecule has 0 atom stereocenters. The van der Waals surface area contributed by atoms with E-state index in [2.05, 4.69) is 13.8 Å². The molecule has 0 bridgehead atoms. The molecule has 0 spiro atoms. The Labute approximate surface area is 232 Å². The van der Waals surface area contributed by atoms with Crippen molar-refractivity contribution in [3.63, 3.8) is 0 Å². The van der Waals surface area contributed by atoms with Gasteiger partial charge in [0.2, 0.25) is 0 Å². The van der Waals surface area contributed by atoms with Crippen LogP contribution in [0, 0.1) is 0 Å². The number of rotatable bonds is 21. The van der Waals surface area contributed by atoms with E-state index in [9.17, 15) is 9.59 Å². The maximum atomic E-state index is 13.7. The minimum absolute atomic E-state index is 0.00715. The number of benzene rings is 2. The number of amides is 2. The minimum Gasteiger partial charge on any atom is -0.271 e. The van der Waals surface area contributed by atoms with Gasteiger partial charge in [-0.05, 0) is 30.4 Å². The van der Waals surface area contributed by atoms with Gasteiger partial charge in [0.1, 0.15) is 0 Å². The van der Waals surface area contributed by atoms with Crippen molar-refractivity contribution in [1.29, 1.82) is 0 Å². The number of nitrogens with zero attached hydrogens (tertiary/aromatic N) is 1. The molecule has 210 valence electrons. The zero-order chi connectivity index (χ0) is 27.0. The fourth-order valence-corrected chi connectivity index (χ4v) is 6.16. The van der Waals surface area contributed by atoms with Crippen LogP contribution in [0.5, 0.6) is 0 Å². The van der Waals surface area contributed by atoms with Gasteiger partial charge in [-0.2, -0.15) is 0 Å². The predicted octanol–water partition coefficient (Wildman–Crippen LogP) is 10.6. The highest BCUT2D eigenvalue weighted by Crippen LogP contribution is 2.33. The van der Waals surface area contributed by atoms with Crippen molar-refractivity contribution < 1.29 is 9.59 Å². The van der Waals surface area contributed by atoms with E-state index in [1.807, 2.05) is 36.4 Å². The van der Waals surface area contributed by atoms with Crippen LogP contribution in [-0.2, 0) is 0 Å². The van der Waals surface area contributed by atoms with Crippen molar-refractivity contribution in [3.05, 3.63) is 47.5 Å². The molecule has 3 nitrogen and oxygen atoms in total. The molecule has 0 fully saturated rings. The quantitative estimate of drug-likeness (QED) is 0.121. The topological polar surface area (TPSA) is 37.4 Å². The molecule has 3 heteroatoms. The number of unbranched alkanes of at least 4 members (excludes halogenated alkanes) is 16. The lowest BCUT2D eigenvalue weighted by molar-refractivity contribution is 0.0517. The Morgan fingerprint density at radius 2 is 0.895 bits per heavy atom. The first-order valence-electron chi connectivity index (χ1n) is 16.1. The van der Waals surface area contributed by atoms with Gasteiger partial charge in [-0.1, -0.05) is 154 Å². The zero-order valence-corrected chi connectivity index (χ0v) is 24.4. The predicted molar refractivity (Wildman–Crippen MR) is 162 cm³/mol. The lowest BCUT2D eigenvalue weighted by atomic mass is 9.91. The standard InChI is InChI=1S/C35H53NO2/c1-3-5-7-9-11-13-15-17-19-25-30(26-20-18-16-14-12-10-8-6-4-2)36-34(37)31-27-21-23-29-24-22-28-32(33(29)31)35(36)38/h21-24,27-28,30H,3-20,25-26H2,1-2H3. The molecular formula is C35H53NO2. The van der Waals surface area contributed by atoms with Crippen LogP contribution in [0.2, 0.25) is 0 Å². The van der Waals surface area contributed by atoms with Gasteiger partial charge in [-0.25, -0.2) is 0 Å². The molecule has 1 aliphatic heterocycles. The van der Waals surface area contributed by atoms with Gasteiger partial charge in [0.25, 0.3) is 11.8 Å². The Hall–Kier alpha value is -2.16. The van der Waals surface area contributed by atoms with E-state index in [-0.39, 0.29) is 17.9 Å². The summed E-state index contributed by atoms with van der Waals surface area (Å²) in [5, 5.41) is 1.82. The van der Waals surface area contributed by atoms with Gasteiger partial charge in [0.15, 0.2) is 0 Å². The summed E-state index contributed by atoms with van der Waals surface area (Å²) in [6, 6.07) is 11.7. The molecule has 2 amide bonds. The van der Waals surface area contributed by atoms with Gasteiger partial charge < -0.3 is 0 Å². The van der Waals surface area contributed by atoms with Crippen LogP contribution in [0.3, 0.4) is 0 Å². The lowest BCUT2D eigenvalue weighted by Crippen LogP contribution is -2.47. The molecule has 0 saturated carbocycles. The molecule has 0 unspecified atom stereocenters. The first-order chi connectivity index (χ1) is 18.7. The number of imide groups is 1. The van der Waals surface area contributed by atoms with Gasteiger partial charge in [-0.3, -0.25) is 14.5 Å². The number of hydrogen-bond acceptors (Lipinski definition) is 2. The summed E-state index contributed by atoms with van der Waals surface area (Å²) in [5.41, 5.74) is 1.39. The third kappa shape index (κ3) is 8.95. The second-order valence-corrected chi connectivity index (χ2v) is 11.6. The Bertz CT molecular complexity index is 908. The summed E-state index contributed by atoms with van der Waals surface area (Å²) in [6.07, 6.45) is 25.0. The number of hydrogen-bond donors (Lipinski definition) is 0. The summed E-state index contributed by atoms with van der Waals surface area (Å²) in [4.78, 5) is 29.0. The maximum absolute atomic E-state index is 13.7. The van der Waals surface area contributed by atoms with E-state index in [4.69, 9.17) is 0 Å². The van der Waals surface area contributed by atoms with Crippen molar-refractivity contribution in [1.82, 2.24) is 4.90 Å². The van der Waals surface area contributed by atoms with Gasteiger partial charge in [0.05, 0.1) is 0 Å². The smallest absolute Gasteiger partial charge is 0.261 e. The normalized spacial score (nSPS) is 13.3. The molecule has 0 saturated heterocycles. The molecule has 1 heterocycles. The van der Waals surface area contributed by atoms with Crippen LogP contribution in [0.1, 0.15) is 163 Å². The molecule has 0 radical (unpaired) electrons. The summed E-state index contributed by atoms with van der Waals surface area (Å²) in [6.45, 7) is 4.53. The molecular weight excluding hydrogens is 466 g/mol. The van der Waals surface area contributed by atoms with Crippen LogP contribution >= 0.6 is 0 Å².